The third kappa shape index (κ3) is 3.82. The molecule has 0 saturated heterocycles. The van der Waals surface area contributed by atoms with Crippen LogP contribution in [0.15, 0.2) is 53.4 Å². The third-order valence-corrected chi connectivity index (χ3v) is 4.87. The van der Waals surface area contributed by atoms with Gasteiger partial charge in [0.1, 0.15) is 5.82 Å². The second-order valence-electron chi connectivity index (χ2n) is 4.99. The van der Waals surface area contributed by atoms with E-state index in [0.29, 0.717) is 11.6 Å². The molecule has 0 unspecified atom stereocenters. The van der Waals surface area contributed by atoms with E-state index in [1.165, 1.54) is 17.7 Å². The second kappa shape index (κ2) is 6.26. The highest BCUT2D eigenvalue weighted by molar-refractivity contribution is 7.92. The maximum absolute atomic E-state index is 12.8. The minimum absolute atomic E-state index is 0.0369. The molecule has 0 bridgehead atoms. The van der Waals surface area contributed by atoms with Gasteiger partial charge in [0.25, 0.3) is 10.0 Å². The molecule has 0 amide bonds. The highest BCUT2D eigenvalue weighted by Crippen LogP contribution is 2.22. The van der Waals surface area contributed by atoms with Gasteiger partial charge in [-0.15, -0.1) is 0 Å². The fraction of sp³-hybridized carbons (Fsp3) is 0.250. The van der Waals surface area contributed by atoms with Crippen molar-refractivity contribution in [3.63, 3.8) is 0 Å². The molecule has 0 aliphatic carbocycles. The number of rotatable bonds is 5. The Morgan fingerprint density at radius 2 is 1.62 bits per heavy atom. The van der Waals surface area contributed by atoms with Gasteiger partial charge in [-0.05, 0) is 54.3 Å². The standard InChI is InChI=1S/C16H18FNO2S/c1-3-12(2)13-4-8-15(9-5-13)18-21(19,20)16-10-6-14(17)7-11-16/h4-12,18H,3H2,1-2H3/t12-/m0/s1. The first kappa shape index (κ1) is 15.5. The number of hydrogen-bond donors (Lipinski definition) is 1. The zero-order chi connectivity index (χ0) is 15.5. The van der Waals surface area contributed by atoms with Crippen LogP contribution in [0, 0.1) is 5.82 Å². The summed E-state index contributed by atoms with van der Waals surface area (Å²) in [4.78, 5) is 0.0369. The van der Waals surface area contributed by atoms with Crippen LogP contribution < -0.4 is 4.72 Å². The Morgan fingerprint density at radius 1 is 1.05 bits per heavy atom. The number of benzene rings is 2. The van der Waals surface area contributed by atoms with Crippen molar-refractivity contribution in [3.8, 4) is 0 Å². The van der Waals surface area contributed by atoms with Crippen LogP contribution in [0.1, 0.15) is 31.7 Å². The molecule has 2 aromatic rings. The van der Waals surface area contributed by atoms with E-state index in [1.54, 1.807) is 12.1 Å². The Balaban J connectivity index is 2.19. The SMILES string of the molecule is CC[C@H](C)c1ccc(NS(=O)(=O)c2ccc(F)cc2)cc1. The average Bonchev–Trinajstić information content (AvgIpc) is 2.47. The summed E-state index contributed by atoms with van der Waals surface area (Å²) in [5.41, 5.74) is 1.66. The van der Waals surface area contributed by atoms with Gasteiger partial charge in [0.05, 0.1) is 4.90 Å². The molecule has 0 saturated carbocycles. The van der Waals surface area contributed by atoms with E-state index in [2.05, 4.69) is 18.6 Å². The predicted molar refractivity (Wildman–Crippen MR) is 82.4 cm³/mol. The molecule has 0 heterocycles. The summed E-state index contributed by atoms with van der Waals surface area (Å²) in [7, 11) is -3.69. The van der Waals surface area contributed by atoms with Gasteiger partial charge in [-0.1, -0.05) is 26.0 Å². The molecule has 112 valence electrons. The van der Waals surface area contributed by atoms with Gasteiger partial charge in [-0.25, -0.2) is 12.8 Å². The van der Waals surface area contributed by atoms with E-state index in [-0.39, 0.29) is 4.90 Å². The molecule has 0 aliphatic heterocycles. The molecule has 21 heavy (non-hydrogen) atoms. The Morgan fingerprint density at radius 3 is 2.14 bits per heavy atom. The van der Waals surface area contributed by atoms with Gasteiger partial charge in [0.2, 0.25) is 0 Å². The summed E-state index contributed by atoms with van der Waals surface area (Å²) in [5.74, 6) is -0.0281. The molecule has 0 radical (unpaired) electrons. The van der Waals surface area contributed by atoms with Gasteiger partial charge in [0, 0.05) is 5.69 Å². The summed E-state index contributed by atoms with van der Waals surface area (Å²) in [6, 6.07) is 12.0. The fourth-order valence-corrected chi connectivity index (χ4v) is 3.00. The van der Waals surface area contributed by atoms with Crippen molar-refractivity contribution in [2.45, 2.75) is 31.1 Å². The first-order chi connectivity index (χ1) is 9.92. The van der Waals surface area contributed by atoms with Crippen LogP contribution in [0.3, 0.4) is 0 Å². The van der Waals surface area contributed by atoms with Gasteiger partial charge in [0.15, 0.2) is 0 Å². The number of halogens is 1. The van der Waals surface area contributed by atoms with E-state index >= 15 is 0 Å². The molecule has 2 aromatic carbocycles. The van der Waals surface area contributed by atoms with E-state index in [9.17, 15) is 12.8 Å². The van der Waals surface area contributed by atoms with Gasteiger partial charge in [-0.2, -0.15) is 0 Å². The molecular weight excluding hydrogens is 289 g/mol. The molecule has 5 heteroatoms. The number of nitrogens with one attached hydrogen (secondary N) is 1. The van der Waals surface area contributed by atoms with Crippen LogP contribution in [-0.4, -0.2) is 8.42 Å². The largest absolute Gasteiger partial charge is 0.280 e. The van der Waals surface area contributed by atoms with E-state index in [4.69, 9.17) is 0 Å². The molecule has 2 rings (SSSR count). The van der Waals surface area contributed by atoms with Crippen LogP contribution >= 0.6 is 0 Å². The molecule has 0 aromatic heterocycles. The minimum atomic E-state index is -3.69. The highest BCUT2D eigenvalue weighted by Gasteiger charge is 2.14. The van der Waals surface area contributed by atoms with Crippen molar-refractivity contribution >= 4 is 15.7 Å². The van der Waals surface area contributed by atoms with Crippen LogP contribution in [0.2, 0.25) is 0 Å². The van der Waals surface area contributed by atoms with Crippen LogP contribution in [-0.2, 0) is 10.0 Å². The Hall–Kier alpha value is -1.88. The Bertz CT molecular complexity index is 694. The predicted octanol–water partition coefficient (Wildman–Crippen LogP) is 4.14. The zero-order valence-electron chi connectivity index (χ0n) is 12.0. The van der Waals surface area contributed by atoms with Crippen LogP contribution in [0.5, 0.6) is 0 Å². The normalized spacial score (nSPS) is 12.9. The van der Waals surface area contributed by atoms with E-state index < -0.39 is 15.8 Å². The van der Waals surface area contributed by atoms with Crippen molar-refractivity contribution < 1.29 is 12.8 Å². The van der Waals surface area contributed by atoms with Crippen molar-refractivity contribution in [1.29, 1.82) is 0 Å². The van der Waals surface area contributed by atoms with Crippen molar-refractivity contribution in [1.82, 2.24) is 0 Å². The quantitative estimate of drug-likeness (QED) is 0.902. The Kier molecular flexibility index (Phi) is 4.63. The minimum Gasteiger partial charge on any atom is -0.280 e. The molecule has 0 aliphatic rings. The lowest BCUT2D eigenvalue weighted by atomic mass is 9.99. The summed E-state index contributed by atoms with van der Waals surface area (Å²) in [6.07, 6.45) is 1.03. The van der Waals surface area contributed by atoms with Crippen LogP contribution in [0.4, 0.5) is 10.1 Å². The lowest BCUT2D eigenvalue weighted by Gasteiger charge is -2.11. The van der Waals surface area contributed by atoms with Crippen molar-refractivity contribution in [3.05, 3.63) is 59.9 Å². The van der Waals surface area contributed by atoms with E-state index in [1.807, 2.05) is 12.1 Å². The van der Waals surface area contributed by atoms with Crippen molar-refractivity contribution in [2.75, 3.05) is 4.72 Å². The summed E-state index contributed by atoms with van der Waals surface area (Å²) in [5, 5.41) is 0. The molecule has 1 atom stereocenters. The third-order valence-electron chi connectivity index (χ3n) is 3.47. The molecular formula is C16H18FNO2S. The number of sulfonamides is 1. The van der Waals surface area contributed by atoms with E-state index in [0.717, 1.165) is 18.6 Å². The number of anilines is 1. The zero-order valence-corrected chi connectivity index (χ0v) is 12.8. The summed E-state index contributed by atoms with van der Waals surface area (Å²) in [6.45, 7) is 4.23. The monoisotopic (exact) mass is 307 g/mol. The topological polar surface area (TPSA) is 46.2 Å². The molecule has 3 nitrogen and oxygen atoms in total. The number of hydrogen-bond acceptors (Lipinski definition) is 2. The first-order valence-electron chi connectivity index (χ1n) is 6.80. The second-order valence-corrected chi connectivity index (χ2v) is 6.67. The maximum Gasteiger partial charge on any atom is 0.261 e. The Labute approximate surface area is 124 Å². The average molecular weight is 307 g/mol. The molecule has 0 fully saturated rings. The smallest absolute Gasteiger partial charge is 0.261 e. The lowest BCUT2D eigenvalue weighted by molar-refractivity contribution is 0.599. The lowest BCUT2D eigenvalue weighted by Crippen LogP contribution is -2.12. The molecule has 0 spiro atoms. The summed E-state index contributed by atoms with van der Waals surface area (Å²) < 4.78 is 39.6. The van der Waals surface area contributed by atoms with Gasteiger partial charge < -0.3 is 0 Å². The van der Waals surface area contributed by atoms with Gasteiger partial charge in [-0.3, -0.25) is 4.72 Å². The highest BCUT2D eigenvalue weighted by atomic mass is 32.2. The molecule has 1 N–H and O–H groups in total. The first-order valence-corrected chi connectivity index (χ1v) is 8.29. The summed E-state index contributed by atoms with van der Waals surface area (Å²) >= 11 is 0. The van der Waals surface area contributed by atoms with Crippen molar-refractivity contribution in [2.24, 2.45) is 0 Å². The fourth-order valence-electron chi connectivity index (χ4n) is 1.94. The maximum atomic E-state index is 12.8. The van der Waals surface area contributed by atoms with Crippen LogP contribution in [0.25, 0.3) is 0 Å². The van der Waals surface area contributed by atoms with Gasteiger partial charge >= 0.3 is 0 Å².